The number of ether oxygens (including phenoxy) is 1. The van der Waals surface area contributed by atoms with Crippen LogP contribution in [0.1, 0.15) is 30.9 Å². The molecule has 3 rings (SSSR count). The summed E-state index contributed by atoms with van der Waals surface area (Å²) >= 11 is 5.57. The molecule has 1 fully saturated rings. The van der Waals surface area contributed by atoms with E-state index in [1.54, 1.807) is 19.5 Å². The highest BCUT2D eigenvalue weighted by Gasteiger charge is 2.39. The molecule has 2 heterocycles. The molecule has 29 heavy (non-hydrogen) atoms. The molecular weight excluding hydrogens is 384 g/mol. The number of amides is 1. The van der Waals surface area contributed by atoms with Crippen molar-refractivity contribution in [3.05, 3.63) is 59.9 Å². The third-order valence-corrected chi connectivity index (χ3v) is 5.47. The largest absolute Gasteiger partial charge is 0.497 e. The Morgan fingerprint density at radius 3 is 2.72 bits per heavy atom. The molecule has 2 atom stereocenters. The van der Waals surface area contributed by atoms with Crippen LogP contribution in [0.5, 0.6) is 5.75 Å². The zero-order valence-corrected chi connectivity index (χ0v) is 17.9. The third kappa shape index (κ3) is 5.44. The van der Waals surface area contributed by atoms with E-state index in [0.29, 0.717) is 24.7 Å². The second-order valence-corrected chi connectivity index (χ2v) is 7.96. The van der Waals surface area contributed by atoms with E-state index in [-0.39, 0.29) is 23.8 Å². The first-order valence-electron chi connectivity index (χ1n) is 9.84. The fourth-order valence-electron chi connectivity index (χ4n) is 3.60. The number of thiocarbonyl (C=S) groups is 1. The molecule has 2 unspecified atom stereocenters. The summed E-state index contributed by atoms with van der Waals surface area (Å²) in [5.41, 5.74) is 2.11. The third-order valence-electron chi connectivity index (χ3n) is 5.09. The van der Waals surface area contributed by atoms with Gasteiger partial charge >= 0.3 is 0 Å². The number of hydrogen-bond acceptors (Lipinski definition) is 4. The van der Waals surface area contributed by atoms with Crippen LogP contribution in [0.15, 0.2) is 48.8 Å². The van der Waals surface area contributed by atoms with E-state index in [4.69, 9.17) is 17.0 Å². The lowest BCUT2D eigenvalue weighted by Crippen LogP contribution is -2.42. The van der Waals surface area contributed by atoms with Crippen molar-refractivity contribution >= 4 is 23.2 Å². The maximum Gasteiger partial charge on any atom is 0.225 e. The van der Waals surface area contributed by atoms with Crippen LogP contribution in [-0.4, -0.2) is 47.1 Å². The Labute approximate surface area is 177 Å². The predicted octanol–water partition coefficient (Wildman–Crippen LogP) is 2.70. The van der Waals surface area contributed by atoms with Gasteiger partial charge in [-0.05, 0) is 61.5 Å². The summed E-state index contributed by atoms with van der Waals surface area (Å²) in [7, 11) is 1.65. The fourth-order valence-corrected chi connectivity index (χ4v) is 3.99. The summed E-state index contributed by atoms with van der Waals surface area (Å²) in [4.78, 5) is 19.2. The van der Waals surface area contributed by atoms with Crippen LogP contribution in [-0.2, 0) is 11.3 Å². The van der Waals surface area contributed by atoms with Crippen LogP contribution >= 0.6 is 12.2 Å². The van der Waals surface area contributed by atoms with Crippen molar-refractivity contribution < 1.29 is 9.53 Å². The van der Waals surface area contributed by atoms with Gasteiger partial charge in [0, 0.05) is 44.0 Å². The number of likely N-dealkylation sites (tertiary alicyclic amines) is 1. The normalized spacial score (nSPS) is 18.6. The first kappa shape index (κ1) is 21.0. The Kier molecular flexibility index (Phi) is 7.04. The first-order valence-corrected chi connectivity index (χ1v) is 10.2. The Morgan fingerprint density at radius 1 is 1.28 bits per heavy atom. The van der Waals surface area contributed by atoms with Gasteiger partial charge in [-0.25, -0.2) is 0 Å². The quantitative estimate of drug-likeness (QED) is 0.711. The van der Waals surface area contributed by atoms with E-state index < -0.39 is 0 Å². The van der Waals surface area contributed by atoms with E-state index >= 15 is 0 Å². The summed E-state index contributed by atoms with van der Waals surface area (Å²) < 4.78 is 5.38. The smallest absolute Gasteiger partial charge is 0.225 e. The summed E-state index contributed by atoms with van der Waals surface area (Å²) in [6, 6.07) is 12.0. The number of benzene rings is 1. The van der Waals surface area contributed by atoms with Crippen molar-refractivity contribution in [2.75, 3.05) is 20.2 Å². The first-order chi connectivity index (χ1) is 14.0. The molecule has 0 saturated carbocycles. The van der Waals surface area contributed by atoms with Gasteiger partial charge in [0.2, 0.25) is 5.91 Å². The Bertz CT molecular complexity index is 844. The predicted molar refractivity (Wildman–Crippen MR) is 118 cm³/mol. The molecule has 154 valence electrons. The second-order valence-electron chi connectivity index (χ2n) is 7.57. The summed E-state index contributed by atoms with van der Waals surface area (Å²) in [6.07, 6.45) is 3.46. The highest BCUT2D eigenvalue weighted by molar-refractivity contribution is 7.80. The lowest BCUT2D eigenvalue weighted by atomic mass is 9.88. The van der Waals surface area contributed by atoms with Gasteiger partial charge in [0.25, 0.3) is 0 Å². The minimum absolute atomic E-state index is 0.0319. The van der Waals surface area contributed by atoms with Crippen LogP contribution < -0.4 is 15.4 Å². The molecular formula is C22H28N4O2S. The van der Waals surface area contributed by atoms with E-state index in [2.05, 4.69) is 40.4 Å². The summed E-state index contributed by atoms with van der Waals surface area (Å²) in [6.45, 7) is 5.88. The molecule has 2 N–H and O–H groups in total. The van der Waals surface area contributed by atoms with E-state index in [0.717, 1.165) is 16.9 Å². The monoisotopic (exact) mass is 412 g/mol. The van der Waals surface area contributed by atoms with Crippen molar-refractivity contribution in [3.8, 4) is 5.75 Å². The number of pyridine rings is 1. The van der Waals surface area contributed by atoms with Crippen molar-refractivity contribution in [2.45, 2.75) is 32.4 Å². The van der Waals surface area contributed by atoms with Crippen LogP contribution in [0.2, 0.25) is 0 Å². The minimum atomic E-state index is -0.198. The molecule has 0 aliphatic carbocycles. The van der Waals surface area contributed by atoms with Crippen molar-refractivity contribution in [1.29, 1.82) is 0 Å². The van der Waals surface area contributed by atoms with Gasteiger partial charge < -0.3 is 20.3 Å². The van der Waals surface area contributed by atoms with Crippen molar-refractivity contribution in [2.24, 2.45) is 5.92 Å². The second kappa shape index (κ2) is 9.69. The fraction of sp³-hybridized carbons (Fsp3) is 0.409. The molecule has 0 spiro atoms. The molecule has 0 bridgehead atoms. The SMILES string of the molecule is COc1cccc(C2CN(C(=S)NC(C)C)CC2C(=O)NCc2ccncc2)c1. The maximum absolute atomic E-state index is 13.1. The summed E-state index contributed by atoms with van der Waals surface area (Å²) in [5, 5.41) is 7.06. The van der Waals surface area contributed by atoms with Crippen LogP contribution in [0.4, 0.5) is 0 Å². The molecule has 1 aliphatic rings. The maximum atomic E-state index is 13.1. The number of nitrogens with zero attached hydrogens (tertiary/aromatic N) is 2. The average molecular weight is 413 g/mol. The molecule has 2 aromatic rings. The van der Waals surface area contributed by atoms with Gasteiger partial charge in [0.05, 0.1) is 13.0 Å². The lowest BCUT2D eigenvalue weighted by molar-refractivity contribution is -0.125. The Hall–Kier alpha value is -2.67. The Balaban J connectivity index is 1.77. The van der Waals surface area contributed by atoms with Crippen LogP contribution in [0.3, 0.4) is 0 Å². The molecule has 1 aromatic heterocycles. The van der Waals surface area contributed by atoms with Gasteiger partial charge in [-0.15, -0.1) is 0 Å². The summed E-state index contributed by atoms with van der Waals surface area (Å²) in [5.74, 6) is 0.662. The molecule has 1 amide bonds. The standard InChI is InChI=1S/C22H28N4O2S/c1-15(2)25-22(29)26-13-19(17-5-4-6-18(11-17)28-3)20(14-26)21(27)24-12-16-7-9-23-10-8-16/h4-11,15,19-20H,12-14H2,1-3H3,(H,24,27)(H,25,29). The topological polar surface area (TPSA) is 66.5 Å². The molecule has 6 nitrogen and oxygen atoms in total. The number of aromatic nitrogens is 1. The number of carbonyl (C=O) groups is 1. The Morgan fingerprint density at radius 2 is 2.03 bits per heavy atom. The molecule has 1 aromatic carbocycles. The van der Waals surface area contributed by atoms with Gasteiger partial charge in [-0.2, -0.15) is 0 Å². The van der Waals surface area contributed by atoms with E-state index in [1.807, 2.05) is 30.3 Å². The number of hydrogen-bond donors (Lipinski definition) is 2. The molecule has 1 saturated heterocycles. The van der Waals surface area contributed by atoms with Crippen LogP contribution in [0.25, 0.3) is 0 Å². The highest BCUT2D eigenvalue weighted by atomic mass is 32.1. The van der Waals surface area contributed by atoms with Gasteiger partial charge in [0.1, 0.15) is 5.75 Å². The average Bonchev–Trinajstić information content (AvgIpc) is 3.18. The highest BCUT2D eigenvalue weighted by Crippen LogP contribution is 2.34. The van der Waals surface area contributed by atoms with Gasteiger partial charge in [0.15, 0.2) is 5.11 Å². The van der Waals surface area contributed by atoms with Gasteiger partial charge in [-0.3, -0.25) is 9.78 Å². The van der Waals surface area contributed by atoms with Crippen molar-refractivity contribution in [1.82, 2.24) is 20.5 Å². The molecule has 1 aliphatic heterocycles. The molecule has 7 heteroatoms. The number of methoxy groups -OCH3 is 1. The van der Waals surface area contributed by atoms with Gasteiger partial charge in [-0.1, -0.05) is 12.1 Å². The van der Waals surface area contributed by atoms with E-state index in [1.165, 1.54) is 0 Å². The lowest BCUT2D eigenvalue weighted by Gasteiger charge is -2.22. The zero-order valence-electron chi connectivity index (χ0n) is 17.1. The minimum Gasteiger partial charge on any atom is -0.497 e. The van der Waals surface area contributed by atoms with Crippen LogP contribution in [0, 0.1) is 5.92 Å². The van der Waals surface area contributed by atoms with E-state index in [9.17, 15) is 4.79 Å². The number of nitrogens with one attached hydrogen (secondary N) is 2. The van der Waals surface area contributed by atoms with Crippen molar-refractivity contribution in [3.63, 3.8) is 0 Å². The number of rotatable bonds is 6. The zero-order chi connectivity index (χ0) is 20.8. The molecule has 0 radical (unpaired) electrons. The number of carbonyl (C=O) groups excluding carboxylic acids is 1.